The summed E-state index contributed by atoms with van der Waals surface area (Å²) in [6, 6.07) is 0. The molecule has 1 heterocycles. The van der Waals surface area contributed by atoms with Crippen molar-refractivity contribution in [1.82, 2.24) is 4.31 Å². The van der Waals surface area contributed by atoms with E-state index in [1.807, 2.05) is 6.92 Å². The van der Waals surface area contributed by atoms with Gasteiger partial charge in [-0.15, -0.1) is 0 Å². The van der Waals surface area contributed by atoms with Gasteiger partial charge >= 0.3 is 5.97 Å². The Bertz CT molecular complexity index is 362. The van der Waals surface area contributed by atoms with Crippen molar-refractivity contribution in [2.75, 3.05) is 33.4 Å². The van der Waals surface area contributed by atoms with E-state index in [2.05, 4.69) is 4.74 Å². The molecule has 0 aliphatic carbocycles. The largest absolute Gasteiger partial charge is 0.468 e. The number of hydrogen-bond acceptors (Lipinski definition) is 5. The van der Waals surface area contributed by atoms with Gasteiger partial charge in [0.1, 0.15) is 6.54 Å². The van der Waals surface area contributed by atoms with Crippen molar-refractivity contribution in [3.05, 3.63) is 0 Å². The summed E-state index contributed by atoms with van der Waals surface area (Å²) in [6.45, 7) is 2.94. The van der Waals surface area contributed by atoms with Gasteiger partial charge in [-0.2, -0.15) is 4.31 Å². The second-order valence-corrected chi connectivity index (χ2v) is 6.48. The van der Waals surface area contributed by atoms with Crippen LogP contribution in [-0.2, 0) is 24.3 Å². The molecule has 0 saturated carbocycles. The fourth-order valence-electron chi connectivity index (χ4n) is 1.94. The average molecular weight is 279 g/mol. The third-order valence-corrected chi connectivity index (χ3v) is 5.30. The van der Waals surface area contributed by atoms with Gasteiger partial charge in [0.2, 0.25) is 10.0 Å². The summed E-state index contributed by atoms with van der Waals surface area (Å²) in [7, 11) is -2.18. The second kappa shape index (κ2) is 7.06. The summed E-state index contributed by atoms with van der Waals surface area (Å²) in [5.41, 5.74) is 0. The van der Waals surface area contributed by atoms with E-state index >= 15 is 0 Å². The molecule has 0 bridgehead atoms. The third-order valence-electron chi connectivity index (χ3n) is 2.96. The first-order valence-corrected chi connectivity index (χ1v) is 7.66. The van der Waals surface area contributed by atoms with Crippen LogP contribution in [0, 0.1) is 0 Å². The molecule has 7 heteroatoms. The van der Waals surface area contributed by atoms with Crippen LogP contribution in [0.25, 0.3) is 0 Å². The van der Waals surface area contributed by atoms with E-state index in [9.17, 15) is 13.2 Å². The molecular formula is C11H21NO5S. The first-order valence-electron chi connectivity index (χ1n) is 6.16. The minimum absolute atomic E-state index is 0.204. The van der Waals surface area contributed by atoms with Gasteiger partial charge in [0, 0.05) is 19.8 Å². The Labute approximate surface area is 108 Å². The molecule has 0 amide bonds. The normalized spacial score (nSPS) is 17.9. The van der Waals surface area contributed by atoms with Crippen LogP contribution in [0.1, 0.15) is 26.2 Å². The number of methoxy groups -OCH3 is 1. The second-order valence-electron chi connectivity index (χ2n) is 4.27. The van der Waals surface area contributed by atoms with E-state index in [1.165, 1.54) is 11.4 Å². The lowest BCUT2D eigenvalue weighted by atomic mass is 10.2. The van der Waals surface area contributed by atoms with Gasteiger partial charge in [-0.3, -0.25) is 4.79 Å². The van der Waals surface area contributed by atoms with Crippen LogP contribution in [0.4, 0.5) is 0 Å². The number of nitrogens with zero attached hydrogens (tertiary/aromatic N) is 1. The van der Waals surface area contributed by atoms with Gasteiger partial charge in [-0.25, -0.2) is 8.42 Å². The minimum Gasteiger partial charge on any atom is -0.468 e. The van der Waals surface area contributed by atoms with Crippen LogP contribution < -0.4 is 0 Å². The number of hydrogen-bond donors (Lipinski definition) is 0. The molecule has 0 aromatic heterocycles. The van der Waals surface area contributed by atoms with Crippen LogP contribution in [0.2, 0.25) is 0 Å². The predicted octanol–water partition coefficient (Wildman–Crippen LogP) is 0.380. The smallest absolute Gasteiger partial charge is 0.321 e. The van der Waals surface area contributed by atoms with E-state index in [4.69, 9.17) is 4.74 Å². The molecule has 0 atom stereocenters. The molecule has 1 fully saturated rings. The van der Waals surface area contributed by atoms with Gasteiger partial charge < -0.3 is 9.47 Å². The fourth-order valence-corrected chi connectivity index (χ4v) is 3.87. The molecule has 0 aromatic rings. The average Bonchev–Trinajstić information content (AvgIpc) is 2.39. The molecule has 0 aromatic carbocycles. The molecule has 0 spiro atoms. The van der Waals surface area contributed by atoms with E-state index < -0.39 is 21.2 Å². The number of esters is 1. The first kappa shape index (κ1) is 15.4. The molecule has 106 valence electrons. The van der Waals surface area contributed by atoms with Crippen molar-refractivity contribution in [2.24, 2.45) is 0 Å². The Kier molecular flexibility index (Phi) is 6.04. The molecule has 1 rings (SSSR count). The Morgan fingerprint density at radius 3 is 2.50 bits per heavy atom. The van der Waals surface area contributed by atoms with Crippen LogP contribution in [0.5, 0.6) is 0 Å². The van der Waals surface area contributed by atoms with Crippen LogP contribution in [0.15, 0.2) is 0 Å². The Balaban J connectivity index is 2.78. The zero-order valence-electron chi connectivity index (χ0n) is 10.9. The number of rotatable bonds is 6. The maximum atomic E-state index is 12.4. The summed E-state index contributed by atoms with van der Waals surface area (Å²) >= 11 is 0. The van der Waals surface area contributed by atoms with E-state index in [-0.39, 0.29) is 6.54 Å². The molecular weight excluding hydrogens is 258 g/mol. The Morgan fingerprint density at radius 2 is 2.00 bits per heavy atom. The number of sulfonamides is 1. The van der Waals surface area contributed by atoms with E-state index in [0.717, 1.165) is 0 Å². The standard InChI is InChI=1S/C11H21NO5S/c1-3-6-12(9-11(13)16-2)18(14,15)10-4-7-17-8-5-10/h10H,3-9H2,1-2H3. The van der Waals surface area contributed by atoms with Crippen molar-refractivity contribution in [3.63, 3.8) is 0 Å². The molecule has 18 heavy (non-hydrogen) atoms. The topological polar surface area (TPSA) is 72.9 Å². The monoisotopic (exact) mass is 279 g/mol. The zero-order valence-corrected chi connectivity index (χ0v) is 11.7. The highest BCUT2D eigenvalue weighted by Crippen LogP contribution is 2.20. The lowest BCUT2D eigenvalue weighted by Crippen LogP contribution is -2.44. The van der Waals surface area contributed by atoms with Gasteiger partial charge in [-0.1, -0.05) is 6.92 Å². The van der Waals surface area contributed by atoms with Gasteiger partial charge in [0.15, 0.2) is 0 Å². The first-order chi connectivity index (χ1) is 8.52. The van der Waals surface area contributed by atoms with Gasteiger partial charge in [0.25, 0.3) is 0 Å². The van der Waals surface area contributed by atoms with Crippen LogP contribution in [0.3, 0.4) is 0 Å². The number of carbonyl (C=O) groups is 1. The van der Waals surface area contributed by atoms with Crippen molar-refractivity contribution < 1.29 is 22.7 Å². The van der Waals surface area contributed by atoms with Crippen LogP contribution in [-0.4, -0.2) is 57.4 Å². The lowest BCUT2D eigenvalue weighted by molar-refractivity contribution is -0.140. The highest BCUT2D eigenvalue weighted by atomic mass is 32.2. The van der Waals surface area contributed by atoms with E-state index in [1.54, 1.807) is 0 Å². The highest BCUT2D eigenvalue weighted by Gasteiger charge is 2.34. The minimum atomic E-state index is -3.44. The summed E-state index contributed by atoms with van der Waals surface area (Å²) in [4.78, 5) is 11.3. The Morgan fingerprint density at radius 1 is 1.39 bits per heavy atom. The predicted molar refractivity (Wildman–Crippen MR) is 66.6 cm³/mol. The summed E-state index contributed by atoms with van der Waals surface area (Å²) in [6.07, 6.45) is 1.65. The molecule has 1 aliphatic heterocycles. The van der Waals surface area contributed by atoms with Crippen LogP contribution >= 0.6 is 0 Å². The molecule has 1 aliphatic rings. The maximum Gasteiger partial charge on any atom is 0.321 e. The van der Waals surface area contributed by atoms with Crippen molar-refractivity contribution in [3.8, 4) is 0 Å². The van der Waals surface area contributed by atoms with Crippen molar-refractivity contribution >= 4 is 16.0 Å². The SMILES string of the molecule is CCCN(CC(=O)OC)S(=O)(=O)C1CCOCC1. The molecule has 0 N–H and O–H groups in total. The summed E-state index contributed by atoms with van der Waals surface area (Å²) in [5, 5.41) is -0.442. The Hall–Kier alpha value is -0.660. The molecule has 0 unspecified atom stereocenters. The summed E-state index contributed by atoms with van der Waals surface area (Å²) < 4.78 is 35.7. The quantitative estimate of drug-likeness (QED) is 0.657. The zero-order chi connectivity index (χ0) is 13.6. The summed E-state index contributed by atoms with van der Waals surface area (Å²) in [5.74, 6) is -0.529. The molecule has 0 radical (unpaired) electrons. The highest BCUT2D eigenvalue weighted by molar-refractivity contribution is 7.89. The molecule has 1 saturated heterocycles. The third kappa shape index (κ3) is 3.93. The van der Waals surface area contributed by atoms with Crippen molar-refractivity contribution in [1.29, 1.82) is 0 Å². The maximum absolute atomic E-state index is 12.4. The van der Waals surface area contributed by atoms with E-state index in [0.29, 0.717) is 39.0 Å². The van der Waals surface area contributed by atoms with Crippen molar-refractivity contribution in [2.45, 2.75) is 31.4 Å². The number of ether oxygens (including phenoxy) is 2. The fraction of sp³-hybridized carbons (Fsp3) is 0.909. The van der Waals surface area contributed by atoms with Gasteiger partial charge in [-0.05, 0) is 19.3 Å². The lowest BCUT2D eigenvalue weighted by Gasteiger charge is -2.28. The van der Waals surface area contributed by atoms with Gasteiger partial charge in [0.05, 0.1) is 12.4 Å². The molecule has 6 nitrogen and oxygen atoms in total. The number of carbonyl (C=O) groups excluding carboxylic acids is 1.